The molecular formula is C21H27NO. The lowest BCUT2D eigenvalue weighted by Crippen LogP contribution is -2.18. The Morgan fingerprint density at radius 2 is 1.70 bits per heavy atom. The number of rotatable bonds is 7. The average molecular weight is 309 g/mol. The van der Waals surface area contributed by atoms with Gasteiger partial charge < -0.3 is 10.5 Å². The van der Waals surface area contributed by atoms with Crippen LogP contribution in [0, 0.1) is 5.41 Å². The van der Waals surface area contributed by atoms with Gasteiger partial charge in [-0.2, -0.15) is 0 Å². The summed E-state index contributed by atoms with van der Waals surface area (Å²) in [5.41, 5.74) is 10.5. The van der Waals surface area contributed by atoms with Gasteiger partial charge in [0.15, 0.2) is 0 Å². The van der Waals surface area contributed by atoms with Crippen LogP contribution in [-0.2, 0) is 11.3 Å². The monoisotopic (exact) mass is 309 g/mol. The molecule has 0 heterocycles. The fourth-order valence-electron chi connectivity index (χ4n) is 2.47. The quantitative estimate of drug-likeness (QED) is 0.704. The topological polar surface area (TPSA) is 35.2 Å². The molecule has 0 aliphatic rings. The molecule has 2 aromatic rings. The van der Waals surface area contributed by atoms with Crippen molar-refractivity contribution >= 4 is 11.3 Å². The Balaban J connectivity index is 1.88. The highest BCUT2D eigenvalue weighted by atomic mass is 16.5. The second kappa shape index (κ2) is 7.98. The van der Waals surface area contributed by atoms with E-state index in [1.807, 2.05) is 36.4 Å². The van der Waals surface area contributed by atoms with Crippen molar-refractivity contribution in [1.82, 2.24) is 0 Å². The van der Waals surface area contributed by atoms with Gasteiger partial charge in [0.05, 0.1) is 13.2 Å². The van der Waals surface area contributed by atoms with Gasteiger partial charge in [-0.05, 0) is 41.5 Å². The van der Waals surface area contributed by atoms with E-state index >= 15 is 0 Å². The Labute approximate surface area is 140 Å². The fraction of sp³-hybridized carbons (Fsp3) is 0.333. The lowest BCUT2D eigenvalue weighted by Gasteiger charge is -2.23. The van der Waals surface area contributed by atoms with E-state index in [-0.39, 0.29) is 5.41 Å². The van der Waals surface area contributed by atoms with Crippen molar-refractivity contribution in [2.24, 2.45) is 5.41 Å². The molecule has 0 unspecified atom stereocenters. The molecule has 0 aromatic heterocycles. The molecule has 0 spiro atoms. The normalized spacial score (nSPS) is 12.4. The van der Waals surface area contributed by atoms with E-state index in [9.17, 15) is 0 Å². The Morgan fingerprint density at radius 1 is 1.04 bits per heavy atom. The van der Waals surface area contributed by atoms with Crippen molar-refractivity contribution < 1.29 is 4.74 Å². The first-order chi connectivity index (χ1) is 11.0. The molecule has 2 aromatic carbocycles. The first-order valence-corrected chi connectivity index (χ1v) is 8.11. The second-order valence-corrected chi connectivity index (χ2v) is 6.82. The summed E-state index contributed by atoms with van der Waals surface area (Å²) in [4.78, 5) is 0. The third kappa shape index (κ3) is 5.57. The maximum atomic E-state index is 6.04. The second-order valence-electron chi connectivity index (χ2n) is 6.82. The smallest absolute Gasteiger partial charge is 0.0717 e. The number of hydrogen-bond donors (Lipinski definition) is 1. The predicted octanol–water partition coefficient (Wildman–Crippen LogP) is 5.31. The van der Waals surface area contributed by atoms with Crippen LogP contribution in [0.15, 0.2) is 60.7 Å². The summed E-state index contributed by atoms with van der Waals surface area (Å²) in [6.45, 7) is 7.98. The van der Waals surface area contributed by atoms with Crippen LogP contribution >= 0.6 is 0 Å². The third-order valence-electron chi connectivity index (χ3n) is 3.95. The highest BCUT2D eigenvalue weighted by molar-refractivity contribution is 5.73. The molecule has 0 saturated heterocycles. The molecule has 2 heteroatoms. The number of ether oxygens (including phenoxy) is 1. The van der Waals surface area contributed by atoms with Gasteiger partial charge in [-0.3, -0.25) is 0 Å². The largest absolute Gasteiger partial charge is 0.398 e. The number of hydrogen-bond acceptors (Lipinski definition) is 2. The SMILES string of the molecule is C/C(=C\CC(C)(C)COCc1ccccc1)c1ccccc1N. The summed E-state index contributed by atoms with van der Waals surface area (Å²) in [6, 6.07) is 18.3. The zero-order chi connectivity index (χ0) is 16.7. The molecule has 0 aliphatic carbocycles. The summed E-state index contributed by atoms with van der Waals surface area (Å²) in [7, 11) is 0. The molecule has 23 heavy (non-hydrogen) atoms. The molecular weight excluding hydrogens is 282 g/mol. The first-order valence-electron chi connectivity index (χ1n) is 8.11. The van der Waals surface area contributed by atoms with Gasteiger partial charge in [0.2, 0.25) is 0 Å². The Bertz CT molecular complexity index is 644. The van der Waals surface area contributed by atoms with E-state index in [1.165, 1.54) is 11.1 Å². The molecule has 2 rings (SSSR count). The number of para-hydroxylation sites is 1. The lowest BCUT2D eigenvalue weighted by molar-refractivity contribution is 0.0527. The van der Waals surface area contributed by atoms with Crippen LogP contribution in [0.3, 0.4) is 0 Å². The number of allylic oxidation sites excluding steroid dienone is 2. The summed E-state index contributed by atoms with van der Waals surface area (Å²) >= 11 is 0. The minimum absolute atomic E-state index is 0.0968. The molecule has 0 atom stereocenters. The lowest BCUT2D eigenvalue weighted by atomic mass is 9.88. The van der Waals surface area contributed by atoms with Gasteiger partial charge in [-0.15, -0.1) is 0 Å². The van der Waals surface area contributed by atoms with E-state index < -0.39 is 0 Å². The highest BCUT2D eigenvalue weighted by Crippen LogP contribution is 2.27. The summed E-state index contributed by atoms with van der Waals surface area (Å²) in [5.74, 6) is 0. The van der Waals surface area contributed by atoms with Crippen molar-refractivity contribution in [2.75, 3.05) is 12.3 Å². The third-order valence-corrected chi connectivity index (χ3v) is 3.95. The van der Waals surface area contributed by atoms with Crippen molar-refractivity contribution in [3.63, 3.8) is 0 Å². The van der Waals surface area contributed by atoms with Crippen molar-refractivity contribution in [3.05, 3.63) is 71.8 Å². The van der Waals surface area contributed by atoms with Crippen LogP contribution in [0.25, 0.3) is 5.57 Å². The minimum atomic E-state index is 0.0968. The number of nitrogens with two attached hydrogens (primary N) is 1. The van der Waals surface area contributed by atoms with E-state index in [0.717, 1.165) is 24.3 Å². The standard InChI is InChI=1S/C21H27NO/c1-17(19-11-7-8-12-20(19)22)13-14-21(2,3)16-23-15-18-9-5-4-6-10-18/h4-13H,14-16,22H2,1-3H3/b17-13+. The maximum Gasteiger partial charge on any atom is 0.0717 e. The van der Waals surface area contributed by atoms with Crippen molar-refractivity contribution in [1.29, 1.82) is 0 Å². The van der Waals surface area contributed by atoms with E-state index in [1.54, 1.807) is 0 Å². The molecule has 0 bridgehead atoms. The molecule has 2 N–H and O–H groups in total. The van der Waals surface area contributed by atoms with Gasteiger partial charge in [-0.25, -0.2) is 0 Å². The van der Waals surface area contributed by atoms with Gasteiger partial charge in [0.1, 0.15) is 0 Å². The zero-order valence-electron chi connectivity index (χ0n) is 14.4. The molecule has 0 fully saturated rings. The van der Waals surface area contributed by atoms with Crippen LogP contribution in [0.5, 0.6) is 0 Å². The molecule has 2 nitrogen and oxygen atoms in total. The zero-order valence-corrected chi connectivity index (χ0v) is 14.4. The van der Waals surface area contributed by atoms with Gasteiger partial charge in [-0.1, -0.05) is 68.5 Å². The highest BCUT2D eigenvalue weighted by Gasteiger charge is 2.17. The summed E-state index contributed by atoms with van der Waals surface area (Å²) < 4.78 is 5.89. The number of anilines is 1. The molecule has 0 saturated carbocycles. The van der Waals surface area contributed by atoms with E-state index in [4.69, 9.17) is 10.5 Å². The van der Waals surface area contributed by atoms with Crippen LogP contribution in [0.1, 0.15) is 38.3 Å². The fourth-order valence-corrected chi connectivity index (χ4v) is 2.47. The molecule has 0 radical (unpaired) electrons. The van der Waals surface area contributed by atoms with Crippen LogP contribution in [0.2, 0.25) is 0 Å². The van der Waals surface area contributed by atoms with Crippen molar-refractivity contribution in [2.45, 2.75) is 33.8 Å². The van der Waals surface area contributed by atoms with Crippen molar-refractivity contribution in [3.8, 4) is 0 Å². The predicted molar refractivity (Wildman–Crippen MR) is 99.0 cm³/mol. The average Bonchev–Trinajstić information content (AvgIpc) is 2.54. The van der Waals surface area contributed by atoms with Gasteiger partial charge in [0, 0.05) is 5.69 Å². The van der Waals surface area contributed by atoms with E-state index in [2.05, 4.69) is 45.0 Å². The molecule has 0 amide bonds. The van der Waals surface area contributed by atoms with Crippen LogP contribution < -0.4 is 5.73 Å². The number of nitrogen functional groups attached to an aromatic ring is 1. The Morgan fingerprint density at radius 3 is 2.39 bits per heavy atom. The maximum absolute atomic E-state index is 6.04. The van der Waals surface area contributed by atoms with Gasteiger partial charge >= 0.3 is 0 Å². The first kappa shape index (κ1) is 17.3. The van der Waals surface area contributed by atoms with Crippen LogP contribution in [-0.4, -0.2) is 6.61 Å². The number of benzene rings is 2. The summed E-state index contributed by atoms with van der Waals surface area (Å²) in [6.07, 6.45) is 3.22. The Hall–Kier alpha value is -2.06. The molecule has 0 aliphatic heterocycles. The molecule has 122 valence electrons. The van der Waals surface area contributed by atoms with Crippen LogP contribution in [0.4, 0.5) is 5.69 Å². The van der Waals surface area contributed by atoms with E-state index in [0.29, 0.717) is 6.61 Å². The summed E-state index contributed by atoms with van der Waals surface area (Å²) in [5, 5.41) is 0. The Kier molecular flexibility index (Phi) is 6.00. The minimum Gasteiger partial charge on any atom is -0.398 e. The van der Waals surface area contributed by atoms with Gasteiger partial charge in [0.25, 0.3) is 0 Å².